The third-order valence-corrected chi connectivity index (χ3v) is 4.47. The van der Waals surface area contributed by atoms with E-state index in [1.165, 1.54) is 5.56 Å². The summed E-state index contributed by atoms with van der Waals surface area (Å²) in [6.45, 7) is 9.84. The monoisotopic (exact) mass is 276 g/mol. The van der Waals surface area contributed by atoms with Crippen molar-refractivity contribution in [1.29, 1.82) is 0 Å². The molecule has 0 aliphatic carbocycles. The van der Waals surface area contributed by atoms with Gasteiger partial charge >= 0.3 is 0 Å². The van der Waals surface area contributed by atoms with Gasteiger partial charge in [0.2, 0.25) is 0 Å². The van der Waals surface area contributed by atoms with Crippen LogP contribution in [0.2, 0.25) is 0 Å². The number of hydrogen-bond donors (Lipinski definition) is 1. The zero-order valence-corrected chi connectivity index (χ0v) is 13.3. The first-order chi connectivity index (χ1) is 9.42. The molecule has 1 fully saturated rings. The zero-order valence-electron chi connectivity index (χ0n) is 13.3. The standard InChI is InChI=1S/C16H28N4/c1-5-14(17)10-13-6-7-15(18-11-13)20-9-8-19(4)16(2,3)12-20/h6-7,11,14H,5,8-10,12,17H2,1-4H3. The SMILES string of the molecule is CCC(N)Cc1ccc(N2CCN(C)C(C)(C)C2)nc1. The Morgan fingerprint density at radius 3 is 2.65 bits per heavy atom. The van der Waals surface area contributed by atoms with Gasteiger partial charge in [0.1, 0.15) is 5.82 Å². The maximum Gasteiger partial charge on any atom is 0.128 e. The van der Waals surface area contributed by atoms with Crippen LogP contribution in [-0.2, 0) is 6.42 Å². The summed E-state index contributed by atoms with van der Waals surface area (Å²) >= 11 is 0. The first kappa shape index (κ1) is 15.3. The molecular formula is C16H28N4. The van der Waals surface area contributed by atoms with Gasteiger partial charge in [0, 0.05) is 37.4 Å². The number of nitrogens with two attached hydrogens (primary N) is 1. The highest BCUT2D eigenvalue weighted by molar-refractivity contribution is 5.41. The van der Waals surface area contributed by atoms with Crippen molar-refractivity contribution in [2.24, 2.45) is 5.73 Å². The molecule has 0 spiro atoms. The van der Waals surface area contributed by atoms with Gasteiger partial charge in [-0.25, -0.2) is 4.98 Å². The summed E-state index contributed by atoms with van der Waals surface area (Å²) < 4.78 is 0. The lowest BCUT2D eigenvalue weighted by molar-refractivity contribution is 0.138. The third-order valence-electron chi connectivity index (χ3n) is 4.47. The number of likely N-dealkylation sites (N-methyl/N-ethyl adjacent to an activating group) is 1. The van der Waals surface area contributed by atoms with Crippen molar-refractivity contribution in [3.63, 3.8) is 0 Å². The van der Waals surface area contributed by atoms with Crippen LogP contribution in [0.3, 0.4) is 0 Å². The second-order valence-electron chi connectivity index (χ2n) is 6.55. The minimum atomic E-state index is 0.198. The maximum atomic E-state index is 5.99. The van der Waals surface area contributed by atoms with E-state index in [9.17, 15) is 0 Å². The molecule has 1 aromatic heterocycles. The molecule has 1 aliphatic rings. The molecule has 112 valence electrons. The normalized spacial score (nSPS) is 20.9. The van der Waals surface area contributed by atoms with E-state index in [4.69, 9.17) is 5.73 Å². The van der Waals surface area contributed by atoms with Gasteiger partial charge in [-0.3, -0.25) is 4.90 Å². The Morgan fingerprint density at radius 1 is 1.35 bits per heavy atom. The Labute approximate surface area is 123 Å². The fraction of sp³-hybridized carbons (Fsp3) is 0.688. The largest absolute Gasteiger partial charge is 0.354 e. The van der Waals surface area contributed by atoms with Crippen molar-refractivity contribution in [2.75, 3.05) is 31.6 Å². The van der Waals surface area contributed by atoms with Gasteiger partial charge in [-0.1, -0.05) is 13.0 Å². The van der Waals surface area contributed by atoms with E-state index < -0.39 is 0 Å². The van der Waals surface area contributed by atoms with Crippen LogP contribution in [0.15, 0.2) is 18.3 Å². The molecule has 1 saturated heterocycles. The molecule has 2 rings (SSSR count). The lowest BCUT2D eigenvalue weighted by Crippen LogP contribution is -2.57. The molecule has 20 heavy (non-hydrogen) atoms. The van der Waals surface area contributed by atoms with E-state index in [0.717, 1.165) is 38.3 Å². The Kier molecular flexibility index (Phi) is 4.66. The third kappa shape index (κ3) is 3.49. The number of anilines is 1. The zero-order chi connectivity index (χ0) is 14.8. The van der Waals surface area contributed by atoms with E-state index >= 15 is 0 Å². The highest BCUT2D eigenvalue weighted by atomic mass is 15.3. The smallest absolute Gasteiger partial charge is 0.128 e. The highest BCUT2D eigenvalue weighted by Crippen LogP contribution is 2.23. The van der Waals surface area contributed by atoms with Gasteiger partial charge in [0.05, 0.1) is 0 Å². The number of hydrogen-bond acceptors (Lipinski definition) is 4. The highest BCUT2D eigenvalue weighted by Gasteiger charge is 2.31. The number of aromatic nitrogens is 1. The molecule has 0 radical (unpaired) electrons. The average molecular weight is 276 g/mol. The lowest BCUT2D eigenvalue weighted by atomic mass is 9.99. The molecule has 2 N–H and O–H groups in total. The van der Waals surface area contributed by atoms with Crippen LogP contribution >= 0.6 is 0 Å². The fourth-order valence-corrected chi connectivity index (χ4v) is 2.61. The Balaban J connectivity index is 2.03. The second kappa shape index (κ2) is 6.10. The van der Waals surface area contributed by atoms with Crippen LogP contribution in [0, 0.1) is 0 Å². The number of pyridine rings is 1. The van der Waals surface area contributed by atoms with E-state index in [0.29, 0.717) is 0 Å². The van der Waals surface area contributed by atoms with Gasteiger partial charge in [-0.15, -0.1) is 0 Å². The van der Waals surface area contributed by atoms with Crippen molar-refractivity contribution in [1.82, 2.24) is 9.88 Å². The van der Waals surface area contributed by atoms with Crippen molar-refractivity contribution < 1.29 is 0 Å². The predicted molar refractivity (Wildman–Crippen MR) is 85.1 cm³/mol. The fourth-order valence-electron chi connectivity index (χ4n) is 2.61. The molecule has 0 aromatic carbocycles. The van der Waals surface area contributed by atoms with E-state index in [1.807, 2.05) is 6.20 Å². The topological polar surface area (TPSA) is 45.4 Å². The Morgan fingerprint density at radius 2 is 2.10 bits per heavy atom. The average Bonchev–Trinajstić information content (AvgIpc) is 2.42. The molecule has 1 unspecified atom stereocenters. The van der Waals surface area contributed by atoms with Crippen LogP contribution in [-0.4, -0.2) is 48.1 Å². The molecule has 0 amide bonds. The van der Waals surface area contributed by atoms with Crippen LogP contribution in [0.25, 0.3) is 0 Å². The first-order valence-corrected chi connectivity index (χ1v) is 7.59. The molecule has 4 nitrogen and oxygen atoms in total. The summed E-state index contributed by atoms with van der Waals surface area (Å²) in [4.78, 5) is 9.43. The molecule has 2 heterocycles. The van der Waals surface area contributed by atoms with Gasteiger partial charge < -0.3 is 10.6 Å². The van der Waals surface area contributed by atoms with Crippen LogP contribution in [0.1, 0.15) is 32.8 Å². The molecule has 1 aromatic rings. The van der Waals surface area contributed by atoms with Crippen molar-refractivity contribution in [2.45, 2.75) is 45.2 Å². The quantitative estimate of drug-likeness (QED) is 0.912. The summed E-state index contributed by atoms with van der Waals surface area (Å²) in [5.41, 5.74) is 7.42. The Bertz CT molecular complexity index is 427. The molecule has 1 aliphatic heterocycles. The van der Waals surface area contributed by atoms with E-state index in [2.05, 4.69) is 54.7 Å². The molecule has 0 saturated carbocycles. The van der Waals surface area contributed by atoms with E-state index in [-0.39, 0.29) is 11.6 Å². The van der Waals surface area contributed by atoms with Gasteiger partial charge in [-0.2, -0.15) is 0 Å². The summed E-state index contributed by atoms with van der Waals surface area (Å²) in [6.07, 6.45) is 3.91. The Hall–Kier alpha value is -1.13. The summed E-state index contributed by atoms with van der Waals surface area (Å²) in [5, 5.41) is 0. The lowest BCUT2D eigenvalue weighted by Gasteiger charge is -2.45. The molecule has 1 atom stereocenters. The van der Waals surface area contributed by atoms with Crippen molar-refractivity contribution in [3.8, 4) is 0 Å². The first-order valence-electron chi connectivity index (χ1n) is 7.59. The van der Waals surface area contributed by atoms with Crippen molar-refractivity contribution >= 4 is 5.82 Å². The minimum absolute atomic E-state index is 0.198. The van der Waals surface area contributed by atoms with Gasteiger partial charge in [-0.05, 0) is 45.4 Å². The number of rotatable bonds is 4. The van der Waals surface area contributed by atoms with Gasteiger partial charge in [0.25, 0.3) is 0 Å². The summed E-state index contributed by atoms with van der Waals surface area (Å²) in [6, 6.07) is 4.55. The van der Waals surface area contributed by atoms with Crippen LogP contribution in [0.5, 0.6) is 0 Å². The number of piperazine rings is 1. The minimum Gasteiger partial charge on any atom is -0.354 e. The second-order valence-corrected chi connectivity index (χ2v) is 6.55. The van der Waals surface area contributed by atoms with Crippen molar-refractivity contribution in [3.05, 3.63) is 23.9 Å². The number of nitrogens with zero attached hydrogens (tertiary/aromatic N) is 3. The predicted octanol–water partition coefficient (Wildman–Crippen LogP) is 1.89. The molecule has 0 bridgehead atoms. The summed E-state index contributed by atoms with van der Waals surface area (Å²) in [7, 11) is 2.19. The van der Waals surface area contributed by atoms with E-state index in [1.54, 1.807) is 0 Å². The molecule has 4 heteroatoms. The molecular weight excluding hydrogens is 248 g/mol. The summed E-state index contributed by atoms with van der Waals surface area (Å²) in [5.74, 6) is 1.08. The van der Waals surface area contributed by atoms with Crippen LogP contribution < -0.4 is 10.6 Å². The van der Waals surface area contributed by atoms with Crippen LogP contribution in [0.4, 0.5) is 5.82 Å². The maximum absolute atomic E-state index is 5.99. The van der Waals surface area contributed by atoms with Gasteiger partial charge in [0.15, 0.2) is 0 Å².